The minimum absolute atomic E-state index is 0.265. The molecule has 27 heavy (non-hydrogen) atoms. The summed E-state index contributed by atoms with van der Waals surface area (Å²) in [6, 6.07) is 14.7. The van der Waals surface area contributed by atoms with E-state index in [9.17, 15) is 14.4 Å². The molecule has 7 nitrogen and oxygen atoms in total. The van der Waals surface area contributed by atoms with E-state index >= 15 is 0 Å². The van der Waals surface area contributed by atoms with Crippen molar-refractivity contribution in [2.24, 2.45) is 5.92 Å². The molecule has 0 unspecified atom stereocenters. The SMILES string of the molecule is CC(C)[C@H](NC(=O)CNC(=O)c1ccc(Oc2ccccc2)cc1)C(=O)O. The lowest BCUT2D eigenvalue weighted by molar-refractivity contribution is -0.142. The van der Waals surface area contributed by atoms with Gasteiger partial charge >= 0.3 is 5.97 Å². The second-order valence-electron chi connectivity index (χ2n) is 6.25. The quantitative estimate of drug-likeness (QED) is 0.662. The lowest BCUT2D eigenvalue weighted by Crippen LogP contribution is -2.48. The highest BCUT2D eigenvalue weighted by molar-refractivity contribution is 5.97. The Kier molecular flexibility index (Phi) is 6.93. The largest absolute Gasteiger partial charge is 0.480 e. The molecule has 0 aliphatic carbocycles. The normalized spacial score (nSPS) is 11.5. The first-order valence-electron chi connectivity index (χ1n) is 8.50. The molecule has 0 radical (unpaired) electrons. The molecular weight excluding hydrogens is 348 g/mol. The standard InChI is InChI=1S/C20H22N2O5/c1-13(2)18(20(25)26)22-17(23)12-21-19(24)14-8-10-16(11-9-14)27-15-6-4-3-5-7-15/h3-11,13,18H,12H2,1-2H3,(H,21,24)(H,22,23)(H,25,26)/t18-/m0/s1. The smallest absolute Gasteiger partial charge is 0.326 e. The number of hydrogen-bond acceptors (Lipinski definition) is 4. The molecule has 0 aromatic heterocycles. The topological polar surface area (TPSA) is 105 Å². The number of aliphatic carboxylic acids is 1. The summed E-state index contributed by atoms with van der Waals surface area (Å²) in [5.41, 5.74) is 0.363. The molecule has 0 fully saturated rings. The summed E-state index contributed by atoms with van der Waals surface area (Å²) in [6.45, 7) is 3.07. The zero-order valence-corrected chi connectivity index (χ0v) is 15.1. The fraction of sp³-hybridized carbons (Fsp3) is 0.250. The molecule has 142 valence electrons. The van der Waals surface area contributed by atoms with Gasteiger partial charge in [0.15, 0.2) is 0 Å². The number of carboxylic acids is 1. The van der Waals surface area contributed by atoms with Crippen molar-refractivity contribution in [2.45, 2.75) is 19.9 Å². The Bertz CT molecular complexity index is 788. The fourth-order valence-corrected chi connectivity index (χ4v) is 2.30. The molecule has 0 spiro atoms. The van der Waals surface area contributed by atoms with Gasteiger partial charge in [-0.2, -0.15) is 0 Å². The first-order chi connectivity index (χ1) is 12.9. The average Bonchev–Trinajstić information content (AvgIpc) is 2.65. The molecule has 2 aromatic carbocycles. The molecule has 0 aliphatic heterocycles. The van der Waals surface area contributed by atoms with Crippen LogP contribution >= 0.6 is 0 Å². The molecule has 3 N–H and O–H groups in total. The van der Waals surface area contributed by atoms with Crippen molar-refractivity contribution < 1.29 is 24.2 Å². The first kappa shape index (κ1) is 20.0. The Labute approximate surface area is 157 Å². The predicted octanol–water partition coefficient (Wildman–Crippen LogP) is 2.43. The van der Waals surface area contributed by atoms with Crippen LogP contribution in [0.2, 0.25) is 0 Å². The van der Waals surface area contributed by atoms with Gasteiger partial charge in [-0.05, 0) is 42.3 Å². The predicted molar refractivity (Wildman–Crippen MR) is 99.7 cm³/mol. The van der Waals surface area contributed by atoms with E-state index in [0.717, 1.165) is 0 Å². The molecule has 0 saturated carbocycles. The number of carboxylic acid groups (broad SMARTS) is 1. The molecule has 1 atom stereocenters. The van der Waals surface area contributed by atoms with E-state index in [0.29, 0.717) is 17.1 Å². The minimum atomic E-state index is -1.11. The highest BCUT2D eigenvalue weighted by Crippen LogP contribution is 2.21. The maximum Gasteiger partial charge on any atom is 0.326 e. The zero-order chi connectivity index (χ0) is 19.8. The average molecular weight is 370 g/mol. The highest BCUT2D eigenvalue weighted by Gasteiger charge is 2.23. The van der Waals surface area contributed by atoms with Crippen LogP contribution in [0.4, 0.5) is 0 Å². The van der Waals surface area contributed by atoms with Crippen LogP contribution in [-0.2, 0) is 9.59 Å². The third-order valence-corrected chi connectivity index (χ3v) is 3.75. The number of hydrogen-bond donors (Lipinski definition) is 3. The van der Waals surface area contributed by atoms with Gasteiger partial charge in [-0.25, -0.2) is 4.79 Å². The maximum absolute atomic E-state index is 12.1. The van der Waals surface area contributed by atoms with Gasteiger partial charge in [0.25, 0.3) is 5.91 Å². The Morgan fingerprint density at radius 3 is 2.11 bits per heavy atom. The molecule has 0 bridgehead atoms. The van der Waals surface area contributed by atoms with Gasteiger partial charge in [-0.1, -0.05) is 32.0 Å². The molecule has 0 aliphatic rings. The summed E-state index contributed by atoms with van der Waals surface area (Å²) in [4.78, 5) is 35.1. The number of benzene rings is 2. The van der Waals surface area contributed by atoms with Crippen LogP contribution < -0.4 is 15.4 Å². The lowest BCUT2D eigenvalue weighted by atomic mass is 10.1. The summed E-state index contributed by atoms with van der Waals surface area (Å²) >= 11 is 0. The Hall–Kier alpha value is -3.35. The fourth-order valence-electron chi connectivity index (χ4n) is 2.30. The number of para-hydroxylation sites is 1. The monoisotopic (exact) mass is 370 g/mol. The minimum Gasteiger partial charge on any atom is -0.480 e. The molecule has 2 aromatic rings. The first-order valence-corrected chi connectivity index (χ1v) is 8.50. The molecule has 2 amide bonds. The van der Waals surface area contributed by atoms with Crippen molar-refractivity contribution in [2.75, 3.05) is 6.54 Å². The van der Waals surface area contributed by atoms with Crippen LogP contribution in [0.25, 0.3) is 0 Å². The molecule has 0 saturated heterocycles. The van der Waals surface area contributed by atoms with Crippen molar-refractivity contribution >= 4 is 17.8 Å². The summed E-state index contributed by atoms with van der Waals surface area (Å²) in [6.07, 6.45) is 0. The van der Waals surface area contributed by atoms with Crippen molar-refractivity contribution in [3.05, 3.63) is 60.2 Å². The lowest BCUT2D eigenvalue weighted by Gasteiger charge is -2.18. The molecule has 0 heterocycles. The Morgan fingerprint density at radius 1 is 0.963 bits per heavy atom. The molecule has 7 heteroatoms. The molecule has 2 rings (SSSR count). The van der Waals surface area contributed by atoms with Gasteiger partial charge in [-0.15, -0.1) is 0 Å². The molecular formula is C20H22N2O5. The summed E-state index contributed by atoms with van der Waals surface area (Å²) in [5, 5.41) is 13.9. The maximum atomic E-state index is 12.1. The van der Waals surface area contributed by atoms with Gasteiger partial charge in [0.05, 0.1) is 6.54 Å². The van der Waals surface area contributed by atoms with E-state index in [2.05, 4.69) is 10.6 Å². The number of carbonyl (C=O) groups is 3. The third kappa shape index (κ3) is 6.14. The summed E-state index contributed by atoms with van der Waals surface area (Å²) < 4.78 is 5.65. The van der Waals surface area contributed by atoms with Gasteiger partial charge in [0.2, 0.25) is 5.91 Å². The van der Waals surface area contributed by atoms with Gasteiger partial charge < -0.3 is 20.5 Å². The number of rotatable bonds is 8. The summed E-state index contributed by atoms with van der Waals surface area (Å²) in [5.74, 6) is -1.11. The van der Waals surface area contributed by atoms with E-state index in [1.165, 1.54) is 0 Å². The van der Waals surface area contributed by atoms with Crippen molar-refractivity contribution in [1.82, 2.24) is 10.6 Å². The van der Waals surface area contributed by atoms with Crippen LogP contribution in [0.15, 0.2) is 54.6 Å². The van der Waals surface area contributed by atoms with Crippen LogP contribution in [-0.4, -0.2) is 35.5 Å². The second kappa shape index (κ2) is 9.38. The van der Waals surface area contributed by atoms with Gasteiger partial charge in [0.1, 0.15) is 17.5 Å². The van der Waals surface area contributed by atoms with E-state index in [1.807, 2.05) is 30.3 Å². The van der Waals surface area contributed by atoms with E-state index < -0.39 is 23.8 Å². The highest BCUT2D eigenvalue weighted by atomic mass is 16.5. The van der Waals surface area contributed by atoms with E-state index in [-0.39, 0.29) is 12.5 Å². The second-order valence-corrected chi connectivity index (χ2v) is 6.25. The Morgan fingerprint density at radius 2 is 1.56 bits per heavy atom. The number of nitrogens with one attached hydrogen (secondary N) is 2. The number of amides is 2. The van der Waals surface area contributed by atoms with Gasteiger partial charge in [-0.3, -0.25) is 9.59 Å². The van der Waals surface area contributed by atoms with E-state index in [1.54, 1.807) is 38.1 Å². The van der Waals surface area contributed by atoms with E-state index in [4.69, 9.17) is 9.84 Å². The van der Waals surface area contributed by atoms with Crippen molar-refractivity contribution in [3.63, 3.8) is 0 Å². The van der Waals surface area contributed by atoms with Crippen molar-refractivity contribution in [1.29, 1.82) is 0 Å². The van der Waals surface area contributed by atoms with Crippen molar-refractivity contribution in [3.8, 4) is 11.5 Å². The summed E-state index contributed by atoms with van der Waals surface area (Å²) in [7, 11) is 0. The van der Waals surface area contributed by atoms with Crippen LogP contribution in [0, 0.1) is 5.92 Å². The number of carbonyl (C=O) groups excluding carboxylic acids is 2. The van der Waals surface area contributed by atoms with Gasteiger partial charge in [0, 0.05) is 5.56 Å². The number of ether oxygens (including phenoxy) is 1. The zero-order valence-electron chi connectivity index (χ0n) is 15.1. The van der Waals surface area contributed by atoms with Crippen LogP contribution in [0.3, 0.4) is 0 Å². The van der Waals surface area contributed by atoms with Crippen LogP contribution in [0.1, 0.15) is 24.2 Å². The third-order valence-electron chi connectivity index (χ3n) is 3.75. The Balaban J connectivity index is 1.87. The van der Waals surface area contributed by atoms with Crippen LogP contribution in [0.5, 0.6) is 11.5 Å².